The standard InChI is InChI=1S/C22H23N5O2S2/c28-20(17-13-30-19(24-17)14-6-2-1-3-7-14)27-11-10-16-18(12-27)31-22(25-16)26-21(29)23-15-8-4-5-9-15/h1-3,6-7,13,15H,4-5,8-12H2,(H2,23,25,26,29). The largest absolute Gasteiger partial charge is 0.335 e. The van der Waals surface area contributed by atoms with Crippen molar-refractivity contribution in [2.45, 2.75) is 44.7 Å². The van der Waals surface area contributed by atoms with Crippen LogP contribution < -0.4 is 10.6 Å². The van der Waals surface area contributed by atoms with Crippen molar-refractivity contribution in [2.75, 3.05) is 11.9 Å². The monoisotopic (exact) mass is 453 g/mol. The van der Waals surface area contributed by atoms with E-state index in [1.54, 1.807) is 0 Å². The van der Waals surface area contributed by atoms with Crippen LogP contribution in [0.1, 0.15) is 46.7 Å². The van der Waals surface area contributed by atoms with Crippen molar-refractivity contribution in [3.8, 4) is 10.6 Å². The molecule has 3 heterocycles. The molecule has 2 aliphatic rings. The zero-order valence-corrected chi connectivity index (χ0v) is 18.6. The van der Waals surface area contributed by atoms with Crippen molar-refractivity contribution in [3.63, 3.8) is 0 Å². The highest BCUT2D eigenvalue weighted by molar-refractivity contribution is 7.16. The van der Waals surface area contributed by atoms with E-state index >= 15 is 0 Å². The van der Waals surface area contributed by atoms with Crippen LogP contribution in [0, 0.1) is 0 Å². The second-order valence-electron chi connectivity index (χ2n) is 7.85. The third kappa shape index (κ3) is 4.47. The number of nitrogens with one attached hydrogen (secondary N) is 2. The Kier molecular flexibility index (Phi) is 5.69. The van der Waals surface area contributed by atoms with Gasteiger partial charge in [-0.15, -0.1) is 11.3 Å². The van der Waals surface area contributed by atoms with Gasteiger partial charge < -0.3 is 10.2 Å². The second-order valence-corrected chi connectivity index (χ2v) is 9.79. The number of nitrogens with zero attached hydrogens (tertiary/aromatic N) is 3. The summed E-state index contributed by atoms with van der Waals surface area (Å²) in [6.45, 7) is 1.09. The van der Waals surface area contributed by atoms with Crippen LogP contribution in [-0.4, -0.2) is 39.4 Å². The lowest BCUT2D eigenvalue weighted by molar-refractivity contribution is 0.0731. The molecular formula is C22H23N5O2S2. The molecule has 5 rings (SSSR count). The minimum absolute atomic E-state index is 0.0639. The van der Waals surface area contributed by atoms with Crippen molar-refractivity contribution in [1.29, 1.82) is 0 Å². The Bertz CT molecular complexity index is 1090. The Hall–Kier alpha value is -2.78. The molecule has 0 bridgehead atoms. The number of amides is 3. The Labute approximate surface area is 188 Å². The predicted octanol–water partition coefficient (Wildman–Crippen LogP) is 4.53. The average Bonchev–Trinajstić information content (AvgIpc) is 3.54. The molecule has 1 aliphatic heterocycles. The van der Waals surface area contributed by atoms with Gasteiger partial charge in [0.1, 0.15) is 10.7 Å². The molecular weight excluding hydrogens is 430 g/mol. The number of benzene rings is 1. The quantitative estimate of drug-likeness (QED) is 0.608. The molecule has 31 heavy (non-hydrogen) atoms. The van der Waals surface area contributed by atoms with Gasteiger partial charge in [-0.2, -0.15) is 0 Å². The van der Waals surface area contributed by atoms with Gasteiger partial charge in [-0.25, -0.2) is 14.8 Å². The maximum Gasteiger partial charge on any atom is 0.321 e. The lowest BCUT2D eigenvalue weighted by atomic mass is 10.1. The summed E-state index contributed by atoms with van der Waals surface area (Å²) in [7, 11) is 0. The van der Waals surface area contributed by atoms with E-state index < -0.39 is 0 Å². The minimum Gasteiger partial charge on any atom is -0.335 e. The van der Waals surface area contributed by atoms with E-state index in [1.165, 1.54) is 35.5 Å². The van der Waals surface area contributed by atoms with Gasteiger partial charge in [0.15, 0.2) is 5.13 Å². The highest BCUT2D eigenvalue weighted by Crippen LogP contribution is 2.30. The van der Waals surface area contributed by atoms with E-state index in [9.17, 15) is 9.59 Å². The first-order valence-electron chi connectivity index (χ1n) is 10.5. The Balaban J connectivity index is 1.23. The molecule has 0 saturated heterocycles. The van der Waals surface area contributed by atoms with Gasteiger partial charge in [0, 0.05) is 34.8 Å². The number of anilines is 1. The van der Waals surface area contributed by atoms with Gasteiger partial charge in [0.05, 0.1) is 12.2 Å². The first kappa shape index (κ1) is 20.1. The fraction of sp³-hybridized carbons (Fsp3) is 0.364. The summed E-state index contributed by atoms with van der Waals surface area (Å²) in [6.07, 6.45) is 5.11. The van der Waals surface area contributed by atoms with Crippen molar-refractivity contribution < 1.29 is 9.59 Å². The zero-order valence-electron chi connectivity index (χ0n) is 17.0. The first-order valence-corrected chi connectivity index (χ1v) is 12.2. The fourth-order valence-corrected chi connectivity index (χ4v) is 5.88. The number of urea groups is 1. The summed E-state index contributed by atoms with van der Waals surface area (Å²) in [6, 6.07) is 9.96. The van der Waals surface area contributed by atoms with Crippen LogP contribution >= 0.6 is 22.7 Å². The molecule has 2 aromatic heterocycles. The van der Waals surface area contributed by atoms with E-state index in [2.05, 4.69) is 20.6 Å². The molecule has 0 radical (unpaired) electrons. The predicted molar refractivity (Wildman–Crippen MR) is 123 cm³/mol. The van der Waals surface area contributed by atoms with E-state index in [0.29, 0.717) is 30.3 Å². The van der Waals surface area contributed by atoms with Gasteiger partial charge in [0.25, 0.3) is 5.91 Å². The van der Waals surface area contributed by atoms with Crippen molar-refractivity contribution in [1.82, 2.24) is 20.2 Å². The van der Waals surface area contributed by atoms with E-state index in [-0.39, 0.29) is 18.0 Å². The molecule has 3 aromatic rings. The van der Waals surface area contributed by atoms with E-state index in [4.69, 9.17) is 0 Å². The molecule has 1 saturated carbocycles. The smallest absolute Gasteiger partial charge is 0.321 e. The summed E-state index contributed by atoms with van der Waals surface area (Å²) in [5, 5.41) is 9.15. The molecule has 0 atom stereocenters. The molecule has 1 fully saturated rings. The molecule has 0 unspecified atom stereocenters. The van der Waals surface area contributed by atoms with Crippen LogP contribution in [-0.2, 0) is 13.0 Å². The van der Waals surface area contributed by atoms with Gasteiger partial charge >= 0.3 is 6.03 Å². The highest BCUT2D eigenvalue weighted by Gasteiger charge is 2.27. The molecule has 9 heteroatoms. The number of carbonyl (C=O) groups excluding carboxylic acids is 2. The van der Waals surface area contributed by atoms with Crippen molar-refractivity contribution >= 4 is 39.7 Å². The number of carbonyl (C=O) groups is 2. The highest BCUT2D eigenvalue weighted by atomic mass is 32.1. The topological polar surface area (TPSA) is 87.2 Å². The molecule has 0 spiro atoms. The number of rotatable bonds is 4. The summed E-state index contributed by atoms with van der Waals surface area (Å²) in [4.78, 5) is 37.2. The molecule has 160 valence electrons. The minimum atomic E-state index is -0.193. The zero-order chi connectivity index (χ0) is 21.2. The number of fused-ring (bicyclic) bond motifs is 1. The normalized spacial score (nSPS) is 16.2. The van der Waals surface area contributed by atoms with Crippen LogP contribution in [0.3, 0.4) is 0 Å². The second kappa shape index (κ2) is 8.76. The Morgan fingerprint density at radius 2 is 1.90 bits per heavy atom. The van der Waals surface area contributed by atoms with Crippen LogP contribution in [0.25, 0.3) is 10.6 Å². The van der Waals surface area contributed by atoms with E-state index in [1.807, 2.05) is 40.6 Å². The third-order valence-corrected chi connectivity index (χ3v) is 7.56. The Morgan fingerprint density at radius 1 is 1.10 bits per heavy atom. The van der Waals surface area contributed by atoms with Crippen LogP contribution in [0.2, 0.25) is 0 Å². The lowest BCUT2D eigenvalue weighted by Crippen LogP contribution is -2.36. The number of aromatic nitrogens is 2. The summed E-state index contributed by atoms with van der Waals surface area (Å²) in [5.74, 6) is -0.0639. The summed E-state index contributed by atoms with van der Waals surface area (Å²) in [5.41, 5.74) is 2.46. The third-order valence-electron chi connectivity index (χ3n) is 5.67. The summed E-state index contributed by atoms with van der Waals surface area (Å²) >= 11 is 2.93. The number of thiazole rings is 2. The molecule has 7 nitrogen and oxygen atoms in total. The van der Waals surface area contributed by atoms with Gasteiger partial charge in [-0.05, 0) is 12.8 Å². The molecule has 1 aliphatic carbocycles. The maximum atomic E-state index is 13.0. The first-order chi connectivity index (χ1) is 15.2. The molecule has 3 amide bonds. The molecule has 1 aromatic carbocycles. The SMILES string of the molecule is O=C(Nc1nc2c(s1)CN(C(=O)c1csc(-c3ccccc3)n1)CC2)NC1CCCC1. The fourth-order valence-electron chi connectivity index (χ4n) is 4.06. The van der Waals surface area contributed by atoms with Gasteiger partial charge in [0.2, 0.25) is 0 Å². The van der Waals surface area contributed by atoms with Crippen LogP contribution in [0.15, 0.2) is 35.7 Å². The van der Waals surface area contributed by atoms with Crippen molar-refractivity contribution in [2.24, 2.45) is 0 Å². The molecule has 2 N–H and O–H groups in total. The lowest BCUT2D eigenvalue weighted by Gasteiger charge is -2.25. The summed E-state index contributed by atoms with van der Waals surface area (Å²) < 4.78 is 0. The maximum absolute atomic E-state index is 13.0. The average molecular weight is 454 g/mol. The van der Waals surface area contributed by atoms with Gasteiger partial charge in [-0.1, -0.05) is 54.5 Å². The number of hydrogen-bond acceptors (Lipinski definition) is 6. The van der Waals surface area contributed by atoms with Crippen molar-refractivity contribution in [3.05, 3.63) is 52.0 Å². The van der Waals surface area contributed by atoms with Gasteiger partial charge in [-0.3, -0.25) is 10.1 Å². The van der Waals surface area contributed by atoms with Crippen LogP contribution in [0.4, 0.5) is 9.93 Å². The van der Waals surface area contributed by atoms with E-state index in [0.717, 1.165) is 34.0 Å². The van der Waals surface area contributed by atoms with Crippen LogP contribution in [0.5, 0.6) is 0 Å². The number of hydrogen-bond donors (Lipinski definition) is 2. The Morgan fingerprint density at radius 3 is 2.71 bits per heavy atom.